The van der Waals surface area contributed by atoms with E-state index in [-0.39, 0.29) is 31.4 Å². The Hall–Kier alpha value is -5.38. The number of fused-ring (bicyclic) bond motifs is 2. The van der Waals surface area contributed by atoms with Gasteiger partial charge in [0.25, 0.3) is 0 Å². The number of hydrogen-bond donors (Lipinski definition) is 2. The van der Waals surface area contributed by atoms with Gasteiger partial charge in [0.1, 0.15) is 36.6 Å². The zero-order valence-electron chi connectivity index (χ0n) is 35.2. The molecule has 6 atom stereocenters. The number of ether oxygens (including phenoxy) is 6. The number of hydrogen-bond acceptors (Lipinski definition) is 13. The molecule has 7 rings (SSSR count). The number of esters is 4. The van der Waals surface area contributed by atoms with Gasteiger partial charge in [-0.1, -0.05) is 56.3 Å². The number of amides is 2. The summed E-state index contributed by atoms with van der Waals surface area (Å²) in [4.78, 5) is 81.0. The predicted molar refractivity (Wildman–Crippen MR) is 217 cm³/mol. The number of carbonyl (C=O) groups excluding carboxylic acids is 6. The average molecular weight is 843 g/mol. The van der Waals surface area contributed by atoms with Crippen molar-refractivity contribution in [2.24, 2.45) is 5.41 Å². The van der Waals surface area contributed by atoms with Gasteiger partial charge in [-0.15, -0.1) is 0 Å². The van der Waals surface area contributed by atoms with Crippen molar-refractivity contribution in [3.63, 3.8) is 0 Å². The number of carbonyl (C=O) groups is 6. The van der Waals surface area contributed by atoms with Crippen LogP contribution in [-0.4, -0.2) is 113 Å². The van der Waals surface area contributed by atoms with Crippen LogP contribution in [0.4, 0.5) is 0 Å². The summed E-state index contributed by atoms with van der Waals surface area (Å²) in [6.07, 6.45) is 2.64. The summed E-state index contributed by atoms with van der Waals surface area (Å²) in [7, 11) is 0. The quantitative estimate of drug-likeness (QED) is 0.178. The fourth-order valence-electron chi connectivity index (χ4n) is 8.59. The minimum atomic E-state index is -1.07. The van der Waals surface area contributed by atoms with Gasteiger partial charge in [0, 0.05) is 49.3 Å². The first-order valence-electron chi connectivity index (χ1n) is 20.9. The van der Waals surface area contributed by atoms with Crippen LogP contribution in [0, 0.1) is 5.41 Å². The Labute approximate surface area is 354 Å². The van der Waals surface area contributed by atoms with Gasteiger partial charge in [0.2, 0.25) is 17.9 Å². The summed E-state index contributed by atoms with van der Waals surface area (Å²) >= 11 is 0. The molecular weight excluding hydrogens is 789 g/mol. The molecule has 1 spiro atoms. The molecule has 15 heteroatoms. The van der Waals surface area contributed by atoms with E-state index in [9.17, 15) is 33.9 Å². The van der Waals surface area contributed by atoms with Gasteiger partial charge in [0.15, 0.2) is 5.79 Å². The van der Waals surface area contributed by atoms with Crippen LogP contribution in [0.1, 0.15) is 93.8 Å². The second-order valence-electron chi connectivity index (χ2n) is 18.0. The largest absolute Gasteiger partial charge is 0.462 e. The van der Waals surface area contributed by atoms with Crippen molar-refractivity contribution >= 4 is 41.8 Å². The molecule has 3 fully saturated rings. The molecule has 5 aliphatic rings. The SMILES string of the molecule is CC(C)(C)OC(=O)CC[C@@H](CO)NC(=O)[C@H]1CCCN1C(=O)C1=C[C@H]2OC3(Cc4ccccc4C3)O[C@H]2[C@H](OC(=O)c2ccccc2C=CC(=O)O[C@H]2C(=O)OCC2(C)C)C1. The van der Waals surface area contributed by atoms with Gasteiger partial charge in [-0.25, -0.2) is 14.4 Å². The third-order valence-electron chi connectivity index (χ3n) is 11.6. The van der Waals surface area contributed by atoms with E-state index < -0.39 is 95.6 Å². The number of aliphatic hydroxyl groups is 1. The molecule has 2 aromatic carbocycles. The first-order valence-corrected chi connectivity index (χ1v) is 20.9. The highest BCUT2D eigenvalue weighted by atomic mass is 16.8. The highest BCUT2D eigenvalue weighted by Gasteiger charge is 2.55. The molecule has 0 unspecified atom stereocenters. The Morgan fingerprint density at radius 3 is 2.38 bits per heavy atom. The fraction of sp³-hybridized carbons (Fsp3) is 0.522. The molecule has 61 heavy (non-hydrogen) atoms. The van der Waals surface area contributed by atoms with Crippen molar-refractivity contribution in [3.05, 3.63) is 88.5 Å². The first kappa shape index (κ1) is 43.7. The van der Waals surface area contributed by atoms with Gasteiger partial charge in [-0.2, -0.15) is 0 Å². The van der Waals surface area contributed by atoms with Crippen molar-refractivity contribution in [2.45, 2.75) is 127 Å². The second-order valence-corrected chi connectivity index (χ2v) is 18.0. The lowest BCUT2D eigenvalue weighted by Crippen LogP contribution is -2.51. The number of nitrogens with one attached hydrogen (secondary N) is 1. The predicted octanol–water partition coefficient (Wildman–Crippen LogP) is 3.92. The zero-order valence-corrected chi connectivity index (χ0v) is 35.2. The second kappa shape index (κ2) is 17.5. The molecule has 0 aromatic heterocycles. The van der Waals surface area contributed by atoms with E-state index in [0.29, 0.717) is 43.4 Å². The normalized spacial score (nSPS) is 25.3. The Morgan fingerprint density at radius 2 is 1.70 bits per heavy atom. The minimum Gasteiger partial charge on any atom is -0.462 e. The third kappa shape index (κ3) is 9.90. The highest BCUT2D eigenvalue weighted by Crippen LogP contribution is 2.45. The van der Waals surface area contributed by atoms with Crippen molar-refractivity contribution in [3.8, 4) is 0 Å². The van der Waals surface area contributed by atoms with Crippen LogP contribution in [0.5, 0.6) is 0 Å². The summed E-state index contributed by atoms with van der Waals surface area (Å²) < 4.78 is 35.4. The van der Waals surface area contributed by atoms with E-state index in [1.165, 1.54) is 11.0 Å². The molecule has 2 aromatic rings. The number of aliphatic hydroxyl groups excluding tert-OH is 1. The van der Waals surface area contributed by atoms with Crippen LogP contribution in [0.25, 0.3) is 6.08 Å². The molecule has 2 N–H and O–H groups in total. The van der Waals surface area contributed by atoms with Crippen LogP contribution in [-0.2, 0) is 65.2 Å². The maximum absolute atomic E-state index is 14.4. The van der Waals surface area contributed by atoms with Crippen molar-refractivity contribution in [1.82, 2.24) is 10.2 Å². The lowest BCUT2D eigenvalue weighted by atomic mass is 9.90. The summed E-state index contributed by atoms with van der Waals surface area (Å²) in [5.41, 5.74) is 1.55. The third-order valence-corrected chi connectivity index (χ3v) is 11.6. The van der Waals surface area contributed by atoms with Gasteiger partial charge < -0.3 is 43.7 Å². The Balaban J connectivity index is 1.08. The molecule has 0 bridgehead atoms. The molecule has 2 amide bonds. The van der Waals surface area contributed by atoms with E-state index in [1.807, 2.05) is 24.3 Å². The smallest absolute Gasteiger partial charge is 0.348 e. The number of nitrogens with zero attached hydrogens (tertiary/aromatic N) is 1. The van der Waals surface area contributed by atoms with Gasteiger partial charge in [-0.05, 0) is 74.9 Å². The van der Waals surface area contributed by atoms with Crippen molar-refractivity contribution in [2.75, 3.05) is 19.8 Å². The van der Waals surface area contributed by atoms with Crippen molar-refractivity contribution < 1.29 is 62.3 Å². The van der Waals surface area contributed by atoms with Crippen LogP contribution in [0.15, 0.2) is 66.3 Å². The number of cyclic esters (lactones) is 1. The molecule has 3 heterocycles. The molecule has 2 aliphatic carbocycles. The summed E-state index contributed by atoms with van der Waals surface area (Å²) in [6, 6.07) is 12.9. The zero-order chi connectivity index (χ0) is 43.7. The fourth-order valence-corrected chi connectivity index (χ4v) is 8.59. The topological polar surface area (TPSA) is 193 Å². The van der Waals surface area contributed by atoms with E-state index in [2.05, 4.69) is 5.32 Å². The molecule has 3 saturated heterocycles. The van der Waals surface area contributed by atoms with Crippen molar-refractivity contribution in [1.29, 1.82) is 0 Å². The van der Waals surface area contributed by atoms with E-state index >= 15 is 0 Å². The standard InChI is InChI=1S/C46H54N2O13/c1-44(2,3)60-37(51)19-17-31(25-49)47-40(52)33-15-10-20-48(33)41(53)30-21-34(38-35(22-30)59-46(61-38)23-28-12-6-7-13-29(28)24-46)57-42(54)32-14-9-8-11-27(32)16-18-36(50)58-39-43(55)56-26-45(39,4)5/h6-9,11-14,16,18,22,31,33-35,38-39,49H,10,15,17,19-21,23-26H2,1-5H3,(H,47,52)/t31-,33+,34+,35+,38-,39-/m0/s1. The molecule has 3 aliphatic heterocycles. The van der Waals surface area contributed by atoms with Crippen LogP contribution < -0.4 is 5.32 Å². The molecule has 326 valence electrons. The Kier molecular flexibility index (Phi) is 12.6. The molecule has 0 radical (unpaired) electrons. The summed E-state index contributed by atoms with van der Waals surface area (Å²) in [5.74, 6) is -4.50. The summed E-state index contributed by atoms with van der Waals surface area (Å²) in [5, 5.41) is 12.9. The van der Waals surface area contributed by atoms with Crippen LogP contribution in [0.3, 0.4) is 0 Å². The lowest BCUT2D eigenvalue weighted by molar-refractivity contribution is -0.172. The maximum Gasteiger partial charge on any atom is 0.348 e. The van der Waals surface area contributed by atoms with E-state index in [1.54, 1.807) is 65.0 Å². The molecular formula is C46H54N2O13. The monoisotopic (exact) mass is 842 g/mol. The number of benzene rings is 2. The van der Waals surface area contributed by atoms with E-state index in [0.717, 1.165) is 17.2 Å². The van der Waals surface area contributed by atoms with Crippen LogP contribution in [0.2, 0.25) is 0 Å². The highest BCUT2D eigenvalue weighted by molar-refractivity contribution is 5.99. The number of rotatable bonds is 12. The molecule has 0 saturated carbocycles. The van der Waals surface area contributed by atoms with Crippen LogP contribution >= 0.6 is 0 Å². The van der Waals surface area contributed by atoms with Gasteiger partial charge in [0.05, 0.1) is 18.2 Å². The Bertz CT molecular complexity index is 2090. The summed E-state index contributed by atoms with van der Waals surface area (Å²) in [6.45, 7) is 8.80. The Morgan fingerprint density at radius 1 is 1.00 bits per heavy atom. The molecule has 15 nitrogen and oxygen atoms in total. The van der Waals surface area contributed by atoms with E-state index in [4.69, 9.17) is 28.4 Å². The average Bonchev–Trinajstić information content (AvgIpc) is 3.99. The number of likely N-dealkylation sites (tertiary alicyclic amines) is 1. The van der Waals surface area contributed by atoms with Gasteiger partial charge >= 0.3 is 23.9 Å². The minimum absolute atomic E-state index is 0.00943. The van der Waals surface area contributed by atoms with Gasteiger partial charge in [-0.3, -0.25) is 14.4 Å². The first-order chi connectivity index (χ1) is 28.9. The maximum atomic E-state index is 14.4. The lowest BCUT2D eigenvalue weighted by Gasteiger charge is -2.33.